The van der Waals surface area contributed by atoms with Gasteiger partial charge in [-0.05, 0) is 32.0 Å². The zero-order valence-corrected chi connectivity index (χ0v) is 13.9. The fraction of sp³-hybridized carbons (Fsp3) is 0.267. The van der Waals surface area contributed by atoms with Gasteiger partial charge in [0.05, 0.1) is 17.8 Å². The molecule has 0 aliphatic rings. The van der Waals surface area contributed by atoms with E-state index in [4.69, 9.17) is 21.1 Å². The van der Waals surface area contributed by atoms with E-state index in [1.807, 2.05) is 26.0 Å². The summed E-state index contributed by atoms with van der Waals surface area (Å²) in [6.07, 6.45) is 1.78. The third-order valence-corrected chi connectivity index (χ3v) is 3.81. The number of pyridine rings is 1. The number of methoxy groups -OCH3 is 1. The highest BCUT2D eigenvalue weighted by Crippen LogP contribution is 2.30. The van der Waals surface area contributed by atoms with Crippen LogP contribution in [0.4, 0.5) is 0 Å². The van der Waals surface area contributed by atoms with Crippen molar-refractivity contribution in [3.05, 3.63) is 50.7 Å². The Balaban J connectivity index is 2.21. The lowest BCUT2D eigenvalue weighted by atomic mass is 10.1. The SMILES string of the molecule is COc1c(C)cnc(COc2cc(Br)ccc2Cl)c1C. The molecule has 0 atom stereocenters. The molecule has 0 aliphatic carbocycles. The Morgan fingerprint density at radius 2 is 2.05 bits per heavy atom. The first-order valence-electron chi connectivity index (χ1n) is 6.10. The smallest absolute Gasteiger partial charge is 0.139 e. The molecule has 20 heavy (non-hydrogen) atoms. The number of aromatic nitrogens is 1. The number of benzene rings is 1. The Morgan fingerprint density at radius 3 is 2.75 bits per heavy atom. The molecular formula is C15H15BrClNO2. The number of rotatable bonds is 4. The first kappa shape index (κ1) is 15.1. The van der Waals surface area contributed by atoms with Gasteiger partial charge in [-0.25, -0.2) is 0 Å². The molecule has 1 heterocycles. The summed E-state index contributed by atoms with van der Waals surface area (Å²) in [5.74, 6) is 1.47. The van der Waals surface area contributed by atoms with Crippen molar-refractivity contribution in [3.8, 4) is 11.5 Å². The van der Waals surface area contributed by atoms with Gasteiger partial charge in [0.15, 0.2) is 0 Å². The molecule has 0 N–H and O–H groups in total. The summed E-state index contributed by atoms with van der Waals surface area (Å²) in [6.45, 7) is 4.29. The van der Waals surface area contributed by atoms with Gasteiger partial charge in [0.1, 0.15) is 18.1 Å². The van der Waals surface area contributed by atoms with Gasteiger partial charge < -0.3 is 9.47 Å². The van der Waals surface area contributed by atoms with Crippen LogP contribution in [0.5, 0.6) is 11.5 Å². The zero-order valence-electron chi connectivity index (χ0n) is 11.5. The monoisotopic (exact) mass is 355 g/mol. The summed E-state index contributed by atoms with van der Waals surface area (Å²) in [5.41, 5.74) is 2.83. The minimum atomic E-state index is 0.346. The Bertz CT molecular complexity index is 632. The van der Waals surface area contributed by atoms with Gasteiger partial charge in [0.2, 0.25) is 0 Å². The van der Waals surface area contributed by atoms with Crippen molar-refractivity contribution in [2.24, 2.45) is 0 Å². The number of nitrogens with zero attached hydrogens (tertiary/aromatic N) is 1. The predicted octanol–water partition coefficient (Wildman–Crippen LogP) is 4.70. The number of aryl methyl sites for hydroxylation is 1. The molecule has 1 aromatic heterocycles. The van der Waals surface area contributed by atoms with Crippen LogP contribution in [0.1, 0.15) is 16.8 Å². The van der Waals surface area contributed by atoms with Crippen LogP contribution in [-0.2, 0) is 6.61 Å². The van der Waals surface area contributed by atoms with Crippen molar-refractivity contribution >= 4 is 27.5 Å². The molecule has 0 bridgehead atoms. The summed E-state index contributed by atoms with van der Waals surface area (Å²) < 4.78 is 12.0. The van der Waals surface area contributed by atoms with Gasteiger partial charge in [0.25, 0.3) is 0 Å². The molecule has 0 spiro atoms. The largest absolute Gasteiger partial charge is 0.496 e. The first-order chi connectivity index (χ1) is 9.52. The molecule has 3 nitrogen and oxygen atoms in total. The summed E-state index contributed by atoms with van der Waals surface area (Å²) in [7, 11) is 1.66. The van der Waals surface area contributed by atoms with E-state index < -0.39 is 0 Å². The average Bonchev–Trinajstić information content (AvgIpc) is 2.42. The topological polar surface area (TPSA) is 31.4 Å². The number of hydrogen-bond acceptors (Lipinski definition) is 3. The molecule has 0 saturated carbocycles. The third kappa shape index (κ3) is 3.25. The lowest BCUT2D eigenvalue weighted by molar-refractivity contribution is 0.298. The van der Waals surface area contributed by atoms with Crippen molar-refractivity contribution in [2.75, 3.05) is 7.11 Å². The quantitative estimate of drug-likeness (QED) is 0.795. The Morgan fingerprint density at radius 1 is 1.30 bits per heavy atom. The van der Waals surface area contributed by atoms with E-state index in [0.29, 0.717) is 17.4 Å². The number of hydrogen-bond donors (Lipinski definition) is 0. The van der Waals surface area contributed by atoms with Gasteiger partial charge in [0, 0.05) is 21.8 Å². The average molecular weight is 357 g/mol. The van der Waals surface area contributed by atoms with Crippen molar-refractivity contribution in [3.63, 3.8) is 0 Å². The van der Waals surface area contributed by atoms with Crippen LogP contribution >= 0.6 is 27.5 Å². The molecule has 5 heteroatoms. The minimum absolute atomic E-state index is 0.346. The molecule has 1 aromatic carbocycles. The van der Waals surface area contributed by atoms with Crippen LogP contribution in [-0.4, -0.2) is 12.1 Å². The van der Waals surface area contributed by atoms with E-state index in [9.17, 15) is 0 Å². The van der Waals surface area contributed by atoms with Gasteiger partial charge in [-0.3, -0.25) is 4.98 Å². The molecular weight excluding hydrogens is 342 g/mol. The molecule has 0 amide bonds. The summed E-state index contributed by atoms with van der Waals surface area (Å²) in [4.78, 5) is 4.39. The summed E-state index contributed by atoms with van der Waals surface area (Å²) >= 11 is 9.49. The molecule has 0 aliphatic heterocycles. The highest BCUT2D eigenvalue weighted by atomic mass is 79.9. The van der Waals surface area contributed by atoms with Crippen LogP contribution < -0.4 is 9.47 Å². The van der Waals surface area contributed by atoms with E-state index in [0.717, 1.165) is 27.0 Å². The standard InChI is InChI=1S/C15H15BrClNO2/c1-9-7-18-13(10(2)15(9)19-3)8-20-14-6-11(16)4-5-12(14)17/h4-7H,8H2,1-3H3. The number of ether oxygens (including phenoxy) is 2. The van der Waals surface area contributed by atoms with E-state index in [-0.39, 0.29) is 0 Å². The Hall–Kier alpha value is -1.26. The second kappa shape index (κ2) is 6.46. The van der Waals surface area contributed by atoms with Crippen LogP contribution in [0.2, 0.25) is 5.02 Å². The van der Waals surface area contributed by atoms with Crippen molar-refractivity contribution < 1.29 is 9.47 Å². The van der Waals surface area contributed by atoms with Crippen LogP contribution in [0.25, 0.3) is 0 Å². The van der Waals surface area contributed by atoms with Crippen LogP contribution in [0.15, 0.2) is 28.9 Å². The molecule has 106 valence electrons. The summed E-state index contributed by atoms with van der Waals surface area (Å²) in [5, 5.41) is 0.574. The van der Waals surface area contributed by atoms with E-state index >= 15 is 0 Å². The van der Waals surface area contributed by atoms with Gasteiger partial charge in [-0.15, -0.1) is 0 Å². The lowest BCUT2D eigenvalue weighted by Gasteiger charge is -2.13. The van der Waals surface area contributed by atoms with Crippen LogP contribution in [0, 0.1) is 13.8 Å². The molecule has 0 radical (unpaired) electrons. The fourth-order valence-corrected chi connectivity index (χ4v) is 2.46. The Kier molecular flexibility index (Phi) is 4.89. The van der Waals surface area contributed by atoms with Gasteiger partial charge in [-0.2, -0.15) is 0 Å². The van der Waals surface area contributed by atoms with E-state index in [1.54, 1.807) is 19.4 Å². The van der Waals surface area contributed by atoms with E-state index in [1.165, 1.54) is 0 Å². The normalized spacial score (nSPS) is 10.4. The summed E-state index contributed by atoms with van der Waals surface area (Å²) in [6, 6.07) is 5.49. The highest BCUT2D eigenvalue weighted by Gasteiger charge is 2.11. The van der Waals surface area contributed by atoms with Crippen molar-refractivity contribution in [2.45, 2.75) is 20.5 Å². The lowest BCUT2D eigenvalue weighted by Crippen LogP contribution is -2.04. The maximum atomic E-state index is 6.10. The molecule has 0 unspecified atom stereocenters. The van der Waals surface area contributed by atoms with Gasteiger partial charge in [-0.1, -0.05) is 27.5 Å². The molecule has 0 saturated heterocycles. The fourth-order valence-electron chi connectivity index (χ4n) is 1.95. The highest BCUT2D eigenvalue weighted by molar-refractivity contribution is 9.10. The third-order valence-electron chi connectivity index (χ3n) is 3.01. The van der Waals surface area contributed by atoms with Crippen molar-refractivity contribution in [1.82, 2.24) is 4.98 Å². The van der Waals surface area contributed by atoms with Crippen molar-refractivity contribution in [1.29, 1.82) is 0 Å². The molecule has 2 rings (SSSR count). The van der Waals surface area contributed by atoms with Crippen LogP contribution in [0.3, 0.4) is 0 Å². The molecule has 0 fully saturated rings. The second-order valence-corrected chi connectivity index (χ2v) is 5.73. The second-order valence-electron chi connectivity index (χ2n) is 4.41. The van der Waals surface area contributed by atoms with E-state index in [2.05, 4.69) is 20.9 Å². The maximum Gasteiger partial charge on any atom is 0.139 e. The maximum absolute atomic E-state index is 6.10. The van der Waals surface area contributed by atoms with Gasteiger partial charge >= 0.3 is 0 Å². The molecule has 2 aromatic rings. The number of halogens is 2. The first-order valence-corrected chi connectivity index (χ1v) is 7.27. The predicted molar refractivity (Wildman–Crippen MR) is 83.7 cm³/mol. The Labute approximate surface area is 132 Å². The minimum Gasteiger partial charge on any atom is -0.496 e. The zero-order chi connectivity index (χ0) is 14.7.